The summed E-state index contributed by atoms with van der Waals surface area (Å²) in [6.45, 7) is 4.68. The lowest BCUT2D eigenvalue weighted by molar-refractivity contribution is -0.145. The molecule has 0 aromatic heterocycles. The SMILES string of the molecule is CCCC1CCCC(N2CCNCC2C(=O)O)CC1. The van der Waals surface area contributed by atoms with Gasteiger partial charge in [0, 0.05) is 25.7 Å². The van der Waals surface area contributed by atoms with E-state index < -0.39 is 5.97 Å². The Morgan fingerprint density at radius 2 is 2.16 bits per heavy atom. The average molecular weight is 268 g/mol. The lowest BCUT2D eigenvalue weighted by Gasteiger charge is -2.39. The summed E-state index contributed by atoms with van der Waals surface area (Å²) >= 11 is 0. The Kier molecular flexibility index (Phi) is 5.64. The quantitative estimate of drug-likeness (QED) is 0.767. The first kappa shape index (κ1) is 14.8. The number of hydrogen-bond acceptors (Lipinski definition) is 3. The second-order valence-electron chi connectivity index (χ2n) is 6.11. The zero-order chi connectivity index (χ0) is 13.7. The van der Waals surface area contributed by atoms with Gasteiger partial charge in [-0.15, -0.1) is 0 Å². The van der Waals surface area contributed by atoms with E-state index in [-0.39, 0.29) is 6.04 Å². The summed E-state index contributed by atoms with van der Waals surface area (Å²) in [4.78, 5) is 13.6. The maximum Gasteiger partial charge on any atom is 0.322 e. The third kappa shape index (κ3) is 3.93. The number of nitrogens with one attached hydrogen (secondary N) is 1. The summed E-state index contributed by atoms with van der Waals surface area (Å²) in [6.07, 6.45) is 8.89. The smallest absolute Gasteiger partial charge is 0.322 e. The fourth-order valence-corrected chi connectivity index (χ4v) is 3.77. The molecule has 0 spiro atoms. The largest absolute Gasteiger partial charge is 0.480 e. The predicted octanol–water partition coefficient (Wildman–Crippen LogP) is 2.09. The second-order valence-corrected chi connectivity index (χ2v) is 6.11. The number of nitrogens with zero attached hydrogens (tertiary/aromatic N) is 1. The van der Waals surface area contributed by atoms with Gasteiger partial charge in [0.15, 0.2) is 0 Å². The number of carbonyl (C=O) groups is 1. The molecule has 2 N–H and O–H groups in total. The Balaban J connectivity index is 1.94. The topological polar surface area (TPSA) is 52.6 Å². The van der Waals surface area contributed by atoms with Gasteiger partial charge in [-0.25, -0.2) is 0 Å². The molecule has 0 amide bonds. The van der Waals surface area contributed by atoms with E-state index in [0.29, 0.717) is 12.6 Å². The Morgan fingerprint density at radius 1 is 1.32 bits per heavy atom. The van der Waals surface area contributed by atoms with E-state index in [4.69, 9.17) is 0 Å². The van der Waals surface area contributed by atoms with Gasteiger partial charge in [0.05, 0.1) is 0 Å². The first-order chi connectivity index (χ1) is 9.22. The molecule has 3 unspecified atom stereocenters. The summed E-state index contributed by atoms with van der Waals surface area (Å²) < 4.78 is 0. The summed E-state index contributed by atoms with van der Waals surface area (Å²) in [5.74, 6) is 0.211. The first-order valence-electron chi connectivity index (χ1n) is 7.91. The van der Waals surface area contributed by atoms with Crippen molar-refractivity contribution in [1.29, 1.82) is 0 Å². The van der Waals surface area contributed by atoms with Crippen LogP contribution in [0.4, 0.5) is 0 Å². The standard InChI is InChI=1S/C15H28N2O2/c1-2-4-12-5-3-6-13(8-7-12)17-10-9-16-11-14(17)15(18)19/h12-14,16H,2-11H2,1H3,(H,18,19). The lowest BCUT2D eigenvalue weighted by Crippen LogP contribution is -2.58. The van der Waals surface area contributed by atoms with Gasteiger partial charge in [-0.1, -0.05) is 32.6 Å². The normalized spacial score (nSPS) is 33.8. The van der Waals surface area contributed by atoms with Crippen molar-refractivity contribution in [3.05, 3.63) is 0 Å². The third-order valence-electron chi connectivity index (χ3n) is 4.79. The summed E-state index contributed by atoms with van der Waals surface area (Å²) in [6, 6.07) is 0.173. The number of piperazine rings is 1. The fraction of sp³-hybridized carbons (Fsp3) is 0.933. The molecule has 3 atom stereocenters. The van der Waals surface area contributed by atoms with Crippen LogP contribution in [-0.2, 0) is 4.79 Å². The molecule has 0 aromatic carbocycles. The van der Waals surface area contributed by atoms with Crippen molar-refractivity contribution >= 4 is 5.97 Å². The molecule has 4 nitrogen and oxygen atoms in total. The van der Waals surface area contributed by atoms with Crippen LogP contribution in [0.3, 0.4) is 0 Å². The van der Waals surface area contributed by atoms with Crippen LogP contribution >= 0.6 is 0 Å². The van der Waals surface area contributed by atoms with E-state index in [2.05, 4.69) is 17.1 Å². The van der Waals surface area contributed by atoms with Crippen LogP contribution in [0.5, 0.6) is 0 Å². The molecule has 0 radical (unpaired) electrons. The van der Waals surface area contributed by atoms with Gasteiger partial charge < -0.3 is 10.4 Å². The van der Waals surface area contributed by atoms with Gasteiger partial charge >= 0.3 is 5.97 Å². The highest BCUT2D eigenvalue weighted by atomic mass is 16.4. The Morgan fingerprint density at radius 3 is 2.89 bits per heavy atom. The van der Waals surface area contributed by atoms with E-state index in [1.165, 1.54) is 44.9 Å². The first-order valence-corrected chi connectivity index (χ1v) is 7.91. The maximum atomic E-state index is 11.4. The summed E-state index contributed by atoms with van der Waals surface area (Å²) in [5, 5.41) is 12.6. The average Bonchev–Trinajstić information content (AvgIpc) is 2.65. The lowest BCUT2D eigenvalue weighted by atomic mass is 9.95. The molecular weight excluding hydrogens is 240 g/mol. The van der Waals surface area contributed by atoms with Crippen molar-refractivity contribution < 1.29 is 9.90 Å². The van der Waals surface area contributed by atoms with Crippen LogP contribution in [0.25, 0.3) is 0 Å². The fourth-order valence-electron chi connectivity index (χ4n) is 3.77. The molecule has 110 valence electrons. The number of hydrogen-bond donors (Lipinski definition) is 2. The molecule has 1 heterocycles. The number of rotatable bonds is 4. The van der Waals surface area contributed by atoms with Crippen molar-refractivity contribution in [3.8, 4) is 0 Å². The van der Waals surface area contributed by atoms with Crippen molar-refractivity contribution in [2.45, 2.75) is 64.0 Å². The molecule has 0 bridgehead atoms. The van der Waals surface area contributed by atoms with Crippen LogP contribution in [0.1, 0.15) is 51.9 Å². The molecule has 1 saturated carbocycles. The van der Waals surface area contributed by atoms with Crippen molar-refractivity contribution in [2.75, 3.05) is 19.6 Å². The Labute approximate surface area is 116 Å². The van der Waals surface area contributed by atoms with E-state index >= 15 is 0 Å². The summed E-state index contributed by atoms with van der Waals surface area (Å²) in [5.41, 5.74) is 0. The molecule has 2 rings (SSSR count). The van der Waals surface area contributed by atoms with E-state index in [9.17, 15) is 9.90 Å². The van der Waals surface area contributed by atoms with E-state index in [0.717, 1.165) is 19.0 Å². The third-order valence-corrected chi connectivity index (χ3v) is 4.79. The minimum atomic E-state index is -0.665. The van der Waals surface area contributed by atoms with Gasteiger partial charge in [0.25, 0.3) is 0 Å². The molecule has 0 aromatic rings. The maximum absolute atomic E-state index is 11.4. The highest BCUT2D eigenvalue weighted by molar-refractivity contribution is 5.74. The van der Waals surface area contributed by atoms with E-state index in [1.807, 2.05) is 0 Å². The number of carboxylic acids is 1. The van der Waals surface area contributed by atoms with Crippen LogP contribution < -0.4 is 5.32 Å². The molecule has 1 saturated heterocycles. The predicted molar refractivity (Wildman–Crippen MR) is 76.3 cm³/mol. The van der Waals surface area contributed by atoms with Crippen LogP contribution in [0.15, 0.2) is 0 Å². The highest BCUT2D eigenvalue weighted by Crippen LogP contribution is 2.30. The zero-order valence-electron chi connectivity index (χ0n) is 12.1. The highest BCUT2D eigenvalue weighted by Gasteiger charge is 2.34. The van der Waals surface area contributed by atoms with Gasteiger partial charge in [-0.2, -0.15) is 0 Å². The Bertz CT molecular complexity index is 296. The zero-order valence-corrected chi connectivity index (χ0v) is 12.1. The molecule has 2 fully saturated rings. The van der Waals surface area contributed by atoms with Crippen molar-refractivity contribution in [2.24, 2.45) is 5.92 Å². The Hall–Kier alpha value is -0.610. The molecule has 19 heavy (non-hydrogen) atoms. The van der Waals surface area contributed by atoms with Gasteiger partial charge in [0.2, 0.25) is 0 Å². The molecular formula is C15H28N2O2. The summed E-state index contributed by atoms with van der Waals surface area (Å²) in [7, 11) is 0. The van der Waals surface area contributed by atoms with Crippen molar-refractivity contribution in [1.82, 2.24) is 10.2 Å². The van der Waals surface area contributed by atoms with Crippen LogP contribution in [0.2, 0.25) is 0 Å². The molecule has 2 aliphatic rings. The van der Waals surface area contributed by atoms with Crippen LogP contribution in [0, 0.1) is 5.92 Å². The van der Waals surface area contributed by atoms with Crippen LogP contribution in [-0.4, -0.2) is 47.7 Å². The van der Waals surface area contributed by atoms with Crippen molar-refractivity contribution in [3.63, 3.8) is 0 Å². The minimum Gasteiger partial charge on any atom is -0.480 e. The molecule has 4 heteroatoms. The molecule has 1 aliphatic heterocycles. The van der Waals surface area contributed by atoms with Gasteiger partial charge in [-0.05, 0) is 25.2 Å². The molecule has 1 aliphatic carbocycles. The van der Waals surface area contributed by atoms with Gasteiger partial charge in [0.1, 0.15) is 6.04 Å². The monoisotopic (exact) mass is 268 g/mol. The minimum absolute atomic E-state index is 0.318. The van der Waals surface area contributed by atoms with Gasteiger partial charge in [-0.3, -0.25) is 9.69 Å². The second kappa shape index (κ2) is 7.25. The van der Waals surface area contributed by atoms with E-state index in [1.54, 1.807) is 0 Å². The number of aliphatic carboxylic acids is 1. The number of carboxylic acid groups (broad SMARTS) is 1.